The Balaban J connectivity index is 1.65. The molecule has 0 spiro atoms. The first-order chi connectivity index (χ1) is 12.6. The van der Waals surface area contributed by atoms with Crippen molar-refractivity contribution in [3.8, 4) is 11.1 Å². The number of halogens is 1. The van der Waals surface area contributed by atoms with Crippen LogP contribution in [0.25, 0.3) is 21.9 Å². The number of benzene rings is 4. The number of rotatable bonds is 3. The average molecular weight is 449 g/mol. The Bertz CT molecular complexity index is 1050. The molecule has 4 aromatic rings. The van der Waals surface area contributed by atoms with Crippen molar-refractivity contribution in [3.05, 3.63) is 96.1 Å². The Hall–Kier alpha value is -2.33. The van der Waals surface area contributed by atoms with Crippen LogP contribution in [0.1, 0.15) is 11.1 Å². The molecule has 0 aliphatic carbocycles. The van der Waals surface area contributed by atoms with Gasteiger partial charge in [0.25, 0.3) is 0 Å². The van der Waals surface area contributed by atoms with E-state index in [9.17, 15) is 0 Å². The largest absolute Gasteiger partial charge is 0.283 e. The van der Waals surface area contributed by atoms with Gasteiger partial charge >= 0.3 is 0 Å². The van der Waals surface area contributed by atoms with Crippen LogP contribution in [0.15, 0.2) is 84.9 Å². The van der Waals surface area contributed by atoms with Crippen molar-refractivity contribution in [2.75, 3.05) is 3.11 Å². The van der Waals surface area contributed by atoms with E-state index in [0.717, 1.165) is 0 Å². The molecule has 4 aromatic carbocycles. The van der Waals surface area contributed by atoms with Crippen LogP contribution < -0.4 is 3.11 Å². The maximum absolute atomic E-state index is 2.38. The summed E-state index contributed by atoms with van der Waals surface area (Å²) in [5.74, 6) is 0. The van der Waals surface area contributed by atoms with Gasteiger partial charge in [0.2, 0.25) is 0 Å². The summed E-state index contributed by atoms with van der Waals surface area (Å²) in [5, 5.41) is 2.56. The monoisotopic (exact) mass is 449 g/mol. The average Bonchev–Trinajstić information content (AvgIpc) is 2.66. The third-order valence-corrected chi connectivity index (χ3v) is 5.72. The van der Waals surface area contributed by atoms with Crippen LogP contribution in [0.2, 0.25) is 0 Å². The van der Waals surface area contributed by atoms with Crippen molar-refractivity contribution in [3.63, 3.8) is 0 Å². The molecule has 0 fully saturated rings. The molecule has 128 valence electrons. The first-order valence-electron chi connectivity index (χ1n) is 8.74. The molecule has 0 heterocycles. The summed E-state index contributed by atoms with van der Waals surface area (Å²) < 4.78 is 2.21. The second-order valence-electron chi connectivity index (χ2n) is 6.74. The standard InChI is InChI=1S/C24H20IN/c1-17-13-18(2)15-24(14-17)26(25)23-11-9-20(10-12-23)22-8-7-19-5-3-4-6-21(19)16-22/h3-16H,1-2H3. The lowest BCUT2D eigenvalue weighted by atomic mass is 10.0. The Morgan fingerprint density at radius 1 is 0.577 bits per heavy atom. The fraction of sp³-hybridized carbons (Fsp3) is 0.0833. The third kappa shape index (κ3) is 3.47. The van der Waals surface area contributed by atoms with Crippen LogP contribution in [0.5, 0.6) is 0 Å². The van der Waals surface area contributed by atoms with Gasteiger partial charge in [-0.05, 0) is 77.2 Å². The van der Waals surface area contributed by atoms with Crippen LogP contribution in [0, 0.1) is 13.8 Å². The van der Waals surface area contributed by atoms with Crippen molar-refractivity contribution in [1.82, 2.24) is 0 Å². The van der Waals surface area contributed by atoms with Gasteiger partial charge < -0.3 is 0 Å². The van der Waals surface area contributed by atoms with E-state index in [4.69, 9.17) is 0 Å². The lowest BCUT2D eigenvalue weighted by Gasteiger charge is -2.18. The number of nitrogens with zero attached hydrogens (tertiary/aromatic N) is 1. The summed E-state index contributed by atoms with van der Waals surface area (Å²) in [5.41, 5.74) is 7.46. The maximum atomic E-state index is 2.38. The first-order valence-corrected chi connectivity index (χ1v) is 9.70. The van der Waals surface area contributed by atoms with Crippen molar-refractivity contribution >= 4 is 45.0 Å². The number of fused-ring (bicyclic) bond motifs is 1. The second kappa shape index (κ2) is 7.12. The summed E-state index contributed by atoms with van der Waals surface area (Å²) in [4.78, 5) is 0. The lowest BCUT2D eigenvalue weighted by Crippen LogP contribution is -2.01. The zero-order valence-electron chi connectivity index (χ0n) is 14.9. The van der Waals surface area contributed by atoms with Crippen LogP contribution in [-0.2, 0) is 0 Å². The number of hydrogen-bond acceptors (Lipinski definition) is 1. The molecule has 0 bridgehead atoms. The summed E-state index contributed by atoms with van der Waals surface area (Å²) in [7, 11) is 0. The van der Waals surface area contributed by atoms with Gasteiger partial charge in [0.05, 0.1) is 34.2 Å². The van der Waals surface area contributed by atoms with Gasteiger partial charge in [-0.25, -0.2) is 0 Å². The molecule has 0 N–H and O–H groups in total. The maximum Gasteiger partial charge on any atom is 0.0646 e. The highest BCUT2D eigenvalue weighted by atomic mass is 127. The van der Waals surface area contributed by atoms with E-state index in [-0.39, 0.29) is 0 Å². The van der Waals surface area contributed by atoms with Gasteiger partial charge in [0, 0.05) is 0 Å². The summed E-state index contributed by atoms with van der Waals surface area (Å²) in [6, 6.07) is 30.6. The Morgan fingerprint density at radius 2 is 1.19 bits per heavy atom. The SMILES string of the molecule is Cc1cc(C)cc(N(I)c2ccc(-c3ccc4ccccc4c3)cc2)c1. The zero-order valence-corrected chi connectivity index (χ0v) is 17.1. The minimum Gasteiger partial charge on any atom is -0.283 e. The molecule has 0 aromatic heterocycles. The van der Waals surface area contributed by atoms with Gasteiger partial charge in [-0.2, -0.15) is 0 Å². The van der Waals surface area contributed by atoms with Crippen LogP contribution >= 0.6 is 22.9 Å². The quantitative estimate of drug-likeness (QED) is 0.230. The molecule has 0 aliphatic heterocycles. The molecule has 0 amide bonds. The van der Waals surface area contributed by atoms with E-state index in [1.807, 2.05) is 0 Å². The molecular weight excluding hydrogens is 429 g/mol. The predicted molar refractivity (Wildman–Crippen MR) is 121 cm³/mol. The van der Waals surface area contributed by atoms with Crippen LogP contribution in [0.4, 0.5) is 11.4 Å². The molecule has 0 saturated carbocycles. The van der Waals surface area contributed by atoms with E-state index in [1.54, 1.807) is 0 Å². The Morgan fingerprint density at radius 3 is 1.88 bits per heavy atom. The van der Waals surface area contributed by atoms with Gasteiger partial charge in [0.15, 0.2) is 0 Å². The molecule has 0 atom stereocenters. The van der Waals surface area contributed by atoms with Crippen molar-refractivity contribution in [2.24, 2.45) is 0 Å². The molecule has 0 aliphatic rings. The summed E-state index contributed by atoms with van der Waals surface area (Å²) >= 11 is 2.38. The van der Waals surface area contributed by atoms with E-state index in [0.29, 0.717) is 0 Å². The number of anilines is 2. The molecule has 1 nitrogen and oxygen atoms in total. The molecule has 2 heteroatoms. The molecule has 0 unspecified atom stereocenters. The van der Waals surface area contributed by atoms with Crippen LogP contribution in [0.3, 0.4) is 0 Å². The molecule has 26 heavy (non-hydrogen) atoms. The highest BCUT2D eigenvalue weighted by Gasteiger charge is 2.08. The minimum absolute atomic E-state index is 1.18. The van der Waals surface area contributed by atoms with Gasteiger partial charge in [-0.15, -0.1) is 0 Å². The van der Waals surface area contributed by atoms with Gasteiger partial charge in [-0.3, -0.25) is 3.11 Å². The minimum atomic E-state index is 1.18. The summed E-state index contributed by atoms with van der Waals surface area (Å²) in [6.45, 7) is 4.29. The second-order valence-corrected chi connectivity index (χ2v) is 7.70. The molecular formula is C24H20IN. The normalized spacial score (nSPS) is 10.9. The fourth-order valence-corrected chi connectivity index (χ4v) is 3.97. The van der Waals surface area contributed by atoms with E-state index in [2.05, 4.69) is 125 Å². The first kappa shape index (κ1) is 17.1. The van der Waals surface area contributed by atoms with E-state index in [1.165, 1.54) is 44.4 Å². The Labute approximate surface area is 168 Å². The van der Waals surface area contributed by atoms with Crippen LogP contribution in [-0.4, -0.2) is 0 Å². The molecule has 0 saturated heterocycles. The molecule has 4 rings (SSSR count). The lowest BCUT2D eigenvalue weighted by molar-refractivity contribution is 1.35. The van der Waals surface area contributed by atoms with E-state index < -0.39 is 0 Å². The Kier molecular flexibility index (Phi) is 4.68. The summed E-state index contributed by atoms with van der Waals surface area (Å²) in [6.07, 6.45) is 0. The van der Waals surface area contributed by atoms with E-state index >= 15 is 0 Å². The van der Waals surface area contributed by atoms with Crippen molar-refractivity contribution in [2.45, 2.75) is 13.8 Å². The highest BCUT2D eigenvalue weighted by Crippen LogP contribution is 2.33. The zero-order chi connectivity index (χ0) is 18.1. The number of hydrogen-bond donors (Lipinski definition) is 0. The number of aryl methyl sites for hydroxylation is 2. The van der Waals surface area contributed by atoms with Gasteiger partial charge in [-0.1, -0.05) is 54.6 Å². The van der Waals surface area contributed by atoms with Crippen molar-refractivity contribution < 1.29 is 0 Å². The fourth-order valence-electron chi connectivity index (χ4n) is 3.37. The van der Waals surface area contributed by atoms with Gasteiger partial charge in [0.1, 0.15) is 0 Å². The predicted octanol–water partition coefficient (Wildman–Crippen LogP) is 7.61. The van der Waals surface area contributed by atoms with Crippen molar-refractivity contribution in [1.29, 1.82) is 0 Å². The highest BCUT2D eigenvalue weighted by molar-refractivity contribution is 14.1. The smallest absolute Gasteiger partial charge is 0.0646 e. The topological polar surface area (TPSA) is 3.24 Å². The third-order valence-electron chi connectivity index (χ3n) is 4.61. The molecule has 0 radical (unpaired) electrons.